The molecule has 3 aromatic carbocycles. The third-order valence-electron chi connectivity index (χ3n) is 5.20. The van der Waals surface area contributed by atoms with E-state index in [0.717, 1.165) is 5.56 Å². The molecule has 0 aliphatic rings. The molecule has 0 heterocycles. The number of anilines is 2. The minimum Gasteiger partial charge on any atom is -0.493 e. The van der Waals surface area contributed by atoms with Crippen LogP contribution in [0.2, 0.25) is 0 Å². The second-order valence-electron chi connectivity index (χ2n) is 7.64. The lowest BCUT2D eigenvalue weighted by atomic mass is 10.0. The number of amides is 1. The third-order valence-corrected chi connectivity index (χ3v) is 5.20. The Morgan fingerprint density at radius 1 is 0.972 bits per heavy atom. The number of nitrogens with zero attached hydrogens (tertiary/aromatic N) is 1. The lowest BCUT2D eigenvalue weighted by molar-refractivity contribution is -0.141. The molecule has 3 aromatic rings. The largest absolute Gasteiger partial charge is 0.493 e. The van der Waals surface area contributed by atoms with Gasteiger partial charge in [0, 0.05) is 24.4 Å². The molecule has 1 amide bonds. The Morgan fingerprint density at radius 2 is 1.69 bits per heavy atom. The molecular formula is C27H27N3O6. The fraction of sp³-hybridized carbons (Fsp3) is 0.222. The number of hydrogen-bond acceptors (Lipinski definition) is 8. The second kappa shape index (κ2) is 12.8. The van der Waals surface area contributed by atoms with Crippen LogP contribution in [0.25, 0.3) is 0 Å². The molecule has 0 aliphatic carbocycles. The molecule has 0 bridgehead atoms. The van der Waals surface area contributed by atoms with E-state index in [9.17, 15) is 9.59 Å². The highest BCUT2D eigenvalue weighted by molar-refractivity contribution is 5.95. The van der Waals surface area contributed by atoms with E-state index in [4.69, 9.17) is 24.2 Å². The Morgan fingerprint density at radius 3 is 2.31 bits per heavy atom. The van der Waals surface area contributed by atoms with E-state index >= 15 is 0 Å². The number of hydrogen-bond donors (Lipinski definition) is 2. The summed E-state index contributed by atoms with van der Waals surface area (Å²) >= 11 is 0. The second-order valence-corrected chi connectivity index (χ2v) is 7.64. The van der Waals surface area contributed by atoms with Crippen molar-refractivity contribution in [3.63, 3.8) is 0 Å². The molecule has 36 heavy (non-hydrogen) atoms. The standard InChI is InChI=1S/C27H27N3O6/c1-33-17-25(31)30-22-14-24(36-16-19-7-5-4-6-8-19)23(34-2)13-21(22)26(27(32)35-3)29-20-11-9-18(15-28)10-12-20/h4-14,26,29H,16-17H2,1-3H3,(H,30,31). The number of nitriles is 1. The van der Waals surface area contributed by atoms with Gasteiger partial charge in [0.25, 0.3) is 0 Å². The van der Waals surface area contributed by atoms with Gasteiger partial charge in [-0.3, -0.25) is 4.79 Å². The molecule has 0 aliphatic heterocycles. The van der Waals surface area contributed by atoms with E-state index in [1.807, 2.05) is 30.3 Å². The molecule has 0 aromatic heterocycles. The van der Waals surface area contributed by atoms with Crippen molar-refractivity contribution < 1.29 is 28.5 Å². The fourth-order valence-corrected chi connectivity index (χ4v) is 3.44. The lowest BCUT2D eigenvalue weighted by Crippen LogP contribution is -2.25. The van der Waals surface area contributed by atoms with Crippen molar-refractivity contribution in [2.24, 2.45) is 0 Å². The van der Waals surface area contributed by atoms with Gasteiger partial charge in [-0.05, 0) is 35.9 Å². The van der Waals surface area contributed by atoms with Crippen LogP contribution in [0.1, 0.15) is 22.7 Å². The van der Waals surface area contributed by atoms with Gasteiger partial charge in [-0.1, -0.05) is 30.3 Å². The van der Waals surface area contributed by atoms with E-state index < -0.39 is 17.9 Å². The number of rotatable bonds is 11. The lowest BCUT2D eigenvalue weighted by Gasteiger charge is -2.23. The van der Waals surface area contributed by atoms with Gasteiger partial charge in [-0.15, -0.1) is 0 Å². The first-order valence-electron chi connectivity index (χ1n) is 11.0. The van der Waals surface area contributed by atoms with Crippen LogP contribution in [-0.4, -0.2) is 39.8 Å². The van der Waals surface area contributed by atoms with E-state index in [2.05, 4.69) is 16.7 Å². The molecule has 2 N–H and O–H groups in total. The summed E-state index contributed by atoms with van der Waals surface area (Å²) in [6.07, 6.45) is 0. The molecule has 186 valence electrons. The van der Waals surface area contributed by atoms with Crippen LogP contribution in [0, 0.1) is 11.3 Å². The van der Waals surface area contributed by atoms with Crippen molar-refractivity contribution in [1.82, 2.24) is 0 Å². The van der Waals surface area contributed by atoms with E-state index in [-0.39, 0.29) is 13.2 Å². The highest BCUT2D eigenvalue weighted by Gasteiger charge is 2.27. The van der Waals surface area contributed by atoms with Crippen molar-refractivity contribution in [3.8, 4) is 17.6 Å². The molecule has 3 rings (SSSR count). The molecule has 1 unspecified atom stereocenters. The first-order valence-corrected chi connectivity index (χ1v) is 11.0. The van der Waals surface area contributed by atoms with Gasteiger partial charge in [0.2, 0.25) is 5.91 Å². The van der Waals surface area contributed by atoms with Crippen LogP contribution in [0.15, 0.2) is 66.7 Å². The van der Waals surface area contributed by atoms with Crippen LogP contribution in [0.5, 0.6) is 11.5 Å². The SMILES string of the molecule is COCC(=O)Nc1cc(OCc2ccccc2)c(OC)cc1C(Nc1ccc(C#N)cc1)C(=O)OC. The van der Waals surface area contributed by atoms with E-state index in [1.165, 1.54) is 21.3 Å². The first kappa shape index (κ1) is 26.1. The summed E-state index contributed by atoms with van der Waals surface area (Å²) in [6, 6.07) is 20.4. The van der Waals surface area contributed by atoms with E-state index in [1.54, 1.807) is 36.4 Å². The van der Waals surface area contributed by atoms with Crippen LogP contribution in [0.3, 0.4) is 0 Å². The smallest absolute Gasteiger partial charge is 0.333 e. The van der Waals surface area contributed by atoms with Gasteiger partial charge in [-0.25, -0.2) is 4.79 Å². The normalized spacial score (nSPS) is 11.1. The summed E-state index contributed by atoms with van der Waals surface area (Å²) in [5.74, 6) is -0.275. The molecule has 0 saturated carbocycles. The highest BCUT2D eigenvalue weighted by atomic mass is 16.5. The quantitative estimate of drug-likeness (QED) is 0.387. The van der Waals surface area contributed by atoms with Crippen molar-refractivity contribution >= 4 is 23.3 Å². The summed E-state index contributed by atoms with van der Waals surface area (Å²) in [7, 11) is 4.17. The minimum atomic E-state index is -1.02. The van der Waals surface area contributed by atoms with Crippen LogP contribution < -0.4 is 20.1 Å². The zero-order valence-corrected chi connectivity index (χ0v) is 20.2. The summed E-state index contributed by atoms with van der Waals surface area (Å²) in [6.45, 7) is 0.0868. The van der Waals surface area contributed by atoms with Crippen LogP contribution >= 0.6 is 0 Å². The Labute approximate surface area is 209 Å². The number of carbonyl (C=O) groups excluding carboxylic acids is 2. The predicted molar refractivity (Wildman–Crippen MR) is 134 cm³/mol. The van der Waals surface area contributed by atoms with Gasteiger partial charge in [-0.2, -0.15) is 5.26 Å². The summed E-state index contributed by atoms with van der Waals surface area (Å²) in [5.41, 5.74) is 2.70. The molecule has 1 atom stereocenters. The molecule has 0 spiro atoms. The van der Waals surface area contributed by atoms with Gasteiger partial charge in [0.1, 0.15) is 13.2 Å². The maximum atomic E-state index is 12.9. The van der Waals surface area contributed by atoms with Gasteiger partial charge in [0.15, 0.2) is 17.5 Å². The number of ether oxygens (including phenoxy) is 4. The molecule has 0 radical (unpaired) electrons. The van der Waals surface area contributed by atoms with Crippen LogP contribution in [-0.2, 0) is 25.7 Å². The number of carbonyl (C=O) groups is 2. The molecule has 9 nitrogen and oxygen atoms in total. The summed E-state index contributed by atoms with van der Waals surface area (Å²) in [4.78, 5) is 25.3. The molecule has 0 fully saturated rings. The number of methoxy groups -OCH3 is 3. The third kappa shape index (κ3) is 6.74. The monoisotopic (exact) mass is 489 g/mol. The minimum absolute atomic E-state index is 0.183. The zero-order valence-electron chi connectivity index (χ0n) is 20.2. The average Bonchev–Trinajstić information content (AvgIpc) is 2.91. The number of nitrogens with one attached hydrogen (secondary N) is 2. The number of esters is 1. The van der Waals surface area contributed by atoms with E-state index in [0.29, 0.717) is 34.0 Å². The van der Waals surface area contributed by atoms with Gasteiger partial charge in [0.05, 0.1) is 31.5 Å². The molecule has 9 heteroatoms. The highest BCUT2D eigenvalue weighted by Crippen LogP contribution is 2.38. The maximum Gasteiger partial charge on any atom is 0.333 e. The fourth-order valence-electron chi connectivity index (χ4n) is 3.44. The Balaban J connectivity index is 2.03. The number of benzene rings is 3. The predicted octanol–water partition coefficient (Wildman–Crippen LogP) is 4.06. The maximum absolute atomic E-state index is 12.9. The average molecular weight is 490 g/mol. The zero-order chi connectivity index (χ0) is 25.9. The summed E-state index contributed by atoms with van der Waals surface area (Å²) < 4.78 is 21.5. The van der Waals surface area contributed by atoms with Gasteiger partial charge < -0.3 is 29.6 Å². The molecule has 0 saturated heterocycles. The van der Waals surface area contributed by atoms with Crippen molar-refractivity contribution in [1.29, 1.82) is 5.26 Å². The summed E-state index contributed by atoms with van der Waals surface area (Å²) in [5, 5.41) is 14.9. The first-order chi connectivity index (χ1) is 17.5. The van der Waals surface area contributed by atoms with Crippen molar-refractivity contribution in [3.05, 3.63) is 83.4 Å². The van der Waals surface area contributed by atoms with Crippen molar-refractivity contribution in [2.75, 3.05) is 38.6 Å². The Bertz CT molecular complexity index is 1220. The van der Waals surface area contributed by atoms with Gasteiger partial charge >= 0.3 is 5.97 Å². The Hall–Kier alpha value is -4.55. The topological polar surface area (TPSA) is 119 Å². The van der Waals surface area contributed by atoms with Crippen LogP contribution in [0.4, 0.5) is 11.4 Å². The van der Waals surface area contributed by atoms with Crippen molar-refractivity contribution in [2.45, 2.75) is 12.6 Å². The Kier molecular flexibility index (Phi) is 9.26. The molecular weight excluding hydrogens is 462 g/mol.